The molecule has 1 aromatic rings. The van der Waals surface area contributed by atoms with E-state index in [-0.39, 0.29) is 12.5 Å². The van der Waals surface area contributed by atoms with Gasteiger partial charge in [-0.25, -0.2) is 4.79 Å². The molecule has 0 radical (unpaired) electrons. The van der Waals surface area contributed by atoms with Gasteiger partial charge in [-0.2, -0.15) is 0 Å². The first-order valence-electron chi connectivity index (χ1n) is 7.88. The van der Waals surface area contributed by atoms with Crippen LogP contribution in [0.5, 0.6) is 0 Å². The van der Waals surface area contributed by atoms with Crippen LogP contribution in [0.4, 0.5) is 0 Å². The summed E-state index contributed by atoms with van der Waals surface area (Å²) < 4.78 is 6.20. The predicted molar refractivity (Wildman–Crippen MR) is 101 cm³/mol. The van der Waals surface area contributed by atoms with Gasteiger partial charge in [0.05, 0.1) is 12.1 Å². The molecule has 1 aliphatic rings. The molecule has 1 aliphatic heterocycles. The topological polar surface area (TPSA) is 67.8 Å². The van der Waals surface area contributed by atoms with Crippen molar-refractivity contribution in [2.75, 3.05) is 25.4 Å². The minimum absolute atomic E-state index is 0.254. The zero-order valence-electron chi connectivity index (χ0n) is 13.9. The van der Waals surface area contributed by atoms with Crippen molar-refractivity contribution in [3.05, 3.63) is 35.4 Å². The average Bonchev–Trinajstić information content (AvgIpc) is 3.09. The fourth-order valence-electron chi connectivity index (χ4n) is 1.97. The number of amides is 1. The zero-order valence-corrected chi connectivity index (χ0v) is 15.5. The monoisotopic (exact) mass is 366 g/mol. The van der Waals surface area contributed by atoms with E-state index in [0.717, 1.165) is 22.2 Å². The Kier molecular flexibility index (Phi) is 7.65. The summed E-state index contributed by atoms with van der Waals surface area (Å²) >= 11 is 3.37. The van der Waals surface area contributed by atoms with Crippen molar-refractivity contribution < 1.29 is 14.3 Å². The van der Waals surface area contributed by atoms with Gasteiger partial charge in [0.1, 0.15) is 4.38 Å². The predicted octanol–water partition coefficient (Wildman–Crippen LogP) is 2.95. The molecule has 0 saturated heterocycles. The average molecular weight is 367 g/mol. The van der Waals surface area contributed by atoms with Crippen LogP contribution in [0.1, 0.15) is 29.8 Å². The van der Waals surface area contributed by atoms with E-state index in [9.17, 15) is 9.59 Å². The van der Waals surface area contributed by atoms with Crippen molar-refractivity contribution >= 4 is 39.8 Å². The summed E-state index contributed by atoms with van der Waals surface area (Å²) in [4.78, 5) is 28.3. The number of benzene rings is 1. The Bertz CT molecular complexity index is 618. The highest BCUT2D eigenvalue weighted by atomic mass is 32.2. The van der Waals surface area contributed by atoms with Crippen LogP contribution in [0.15, 0.2) is 29.3 Å². The summed E-state index contributed by atoms with van der Waals surface area (Å²) in [5.41, 5.74) is 1.40. The molecule has 0 aromatic heterocycles. The number of rotatable bonds is 7. The third kappa shape index (κ3) is 6.20. The van der Waals surface area contributed by atoms with Gasteiger partial charge in [-0.1, -0.05) is 55.6 Å². The summed E-state index contributed by atoms with van der Waals surface area (Å²) in [5, 5.41) is 2.73. The van der Waals surface area contributed by atoms with Crippen LogP contribution in [0, 0.1) is 5.92 Å². The van der Waals surface area contributed by atoms with Crippen LogP contribution in [0.25, 0.3) is 0 Å². The van der Waals surface area contributed by atoms with Crippen LogP contribution >= 0.6 is 23.5 Å². The molecule has 0 bridgehead atoms. The molecule has 1 heterocycles. The van der Waals surface area contributed by atoms with Crippen LogP contribution in [0.2, 0.25) is 0 Å². The van der Waals surface area contributed by atoms with Gasteiger partial charge in [-0.3, -0.25) is 9.79 Å². The van der Waals surface area contributed by atoms with Crippen molar-refractivity contribution in [2.24, 2.45) is 10.9 Å². The van der Waals surface area contributed by atoms with Crippen LogP contribution in [-0.2, 0) is 15.3 Å². The second kappa shape index (κ2) is 9.74. The number of aliphatic imine (C=N–C) groups is 1. The second-order valence-corrected chi connectivity index (χ2v) is 8.02. The molecule has 1 N–H and O–H groups in total. The Hall–Kier alpha value is -1.47. The Balaban J connectivity index is 1.88. The maximum absolute atomic E-state index is 12.3. The Labute approximate surface area is 151 Å². The molecule has 0 atom stereocenters. The van der Waals surface area contributed by atoms with Crippen LogP contribution < -0.4 is 5.32 Å². The smallest absolute Gasteiger partial charge is 0.338 e. The van der Waals surface area contributed by atoms with Crippen molar-refractivity contribution in [1.82, 2.24) is 5.32 Å². The summed E-state index contributed by atoms with van der Waals surface area (Å²) in [6, 6.07) is 7.33. The molecule has 2 rings (SSSR count). The largest absolute Gasteiger partial charge is 0.452 e. The molecular formula is C17H22N2O3S2. The number of nitrogens with zero attached hydrogens (tertiary/aromatic N) is 1. The summed E-state index contributed by atoms with van der Waals surface area (Å²) in [5.74, 6) is 1.31. The van der Waals surface area contributed by atoms with E-state index in [4.69, 9.17) is 4.74 Å². The number of thioether (sulfide) groups is 2. The normalized spacial score (nSPS) is 13.7. The zero-order chi connectivity index (χ0) is 17.4. The van der Waals surface area contributed by atoms with Gasteiger partial charge < -0.3 is 10.1 Å². The quantitative estimate of drug-likeness (QED) is 0.752. The summed E-state index contributed by atoms with van der Waals surface area (Å²) in [6.45, 7) is 5.20. The van der Waals surface area contributed by atoms with Gasteiger partial charge >= 0.3 is 5.97 Å². The van der Waals surface area contributed by atoms with E-state index in [1.807, 2.05) is 26.0 Å². The Morgan fingerprint density at radius 3 is 2.88 bits per heavy atom. The third-order valence-electron chi connectivity index (χ3n) is 3.19. The molecule has 0 saturated carbocycles. The molecule has 0 spiro atoms. The van der Waals surface area contributed by atoms with Crippen molar-refractivity contribution in [2.45, 2.75) is 19.6 Å². The first kappa shape index (κ1) is 18.9. The summed E-state index contributed by atoms with van der Waals surface area (Å²) in [6.07, 6.45) is 0. The molecule has 24 heavy (non-hydrogen) atoms. The lowest BCUT2D eigenvalue weighted by molar-refractivity contribution is -0.124. The lowest BCUT2D eigenvalue weighted by Crippen LogP contribution is -2.31. The standard InChI is InChI=1S/C17H22N2O3S2/c1-12(2)9-19-15(20)10-22-16(21)14-6-4-3-5-13(14)11-24-17-18-7-8-23-17/h3-6,12H,7-11H2,1-2H3,(H,19,20). The number of nitrogens with one attached hydrogen (secondary N) is 1. The maximum Gasteiger partial charge on any atom is 0.338 e. The molecule has 0 fully saturated rings. The van der Waals surface area contributed by atoms with Crippen molar-refractivity contribution in [1.29, 1.82) is 0 Å². The van der Waals surface area contributed by atoms with Gasteiger partial charge in [-0.15, -0.1) is 0 Å². The number of ether oxygens (including phenoxy) is 1. The Morgan fingerprint density at radius 2 is 2.17 bits per heavy atom. The van der Waals surface area contributed by atoms with Gasteiger partial charge in [0.25, 0.3) is 5.91 Å². The molecular weight excluding hydrogens is 344 g/mol. The number of hydrogen-bond acceptors (Lipinski definition) is 6. The highest BCUT2D eigenvalue weighted by Gasteiger charge is 2.16. The number of hydrogen-bond donors (Lipinski definition) is 1. The van der Waals surface area contributed by atoms with Crippen LogP contribution in [-0.4, -0.2) is 41.7 Å². The van der Waals surface area contributed by atoms with E-state index in [1.54, 1.807) is 35.7 Å². The number of esters is 1. The van der Waals surface area contributed by atoms with Gasteiger partial charge in [0.15, 0.2) is 6.61 Å². The van der Waals surface area contributed by atoms with Crippen LogP contribution in [0.3, 0.4) is 0 Å². The first-order chi connectivity index (χ1) is 11.6. The van der Waals surface area contributed by atoms with E-state index in [0.29, 0.717) is 23.8 Å². The minimum atomic E-state index is -0.466. The molecule has 7 heteroatoms. The van der Waals surface area contributed by atoms with E-state index >= 15 is 0 Å². The highest BCUT2D eigenvalue weighted by Crippen LogP contribution is 2.26. The molecule has 130 valence electrons. The lowest BCUT2D eigenvalue weighted by atomic mass is 10.1. The minimum Gasteiger partial charge on any atom is -0.452 e. The van der Waals surface area contributed by atoms with Crippen molar-refractivity contribution in [3.63, 3.8) is 0 Å². The fraction of sp³-hybridized carbons (Fsp3) is 0.471. The van der Waals surface area contributed by atoms with E-state index < -0.39 is 5.97 Å². The second-order valence-electron chi connectivity index (χ2n) is 5.72. The highest BCUT2D eigenvalue weighted by molar-refractivity contribution is 8.38. The summed E-state index contributed by atoms with van der Waals surface area (Å²) in [7, 11) is 0. The fourth-order valence-corrected chi connectivity index (χ4v) is 3.98. The van der Waals surface area contributed by atoms with Gasteiger partial charge in [0.2, 0.25) is 0 Å². The molecule has 1 aromatic carbocycles. The maximum atomic E-state index is 12.3. The molecule has 0 unspecified atom stereocenters. The number of carbonyl (C=O) groups excluding carboxylic acids is 2. The molecule has 0 aliphatic carbocycles. The Morgan fingerprint density at radius 1 is 1.38 bits per heavy atom. The molecule has 5 nitrogen and oxygen atoms in total. The van der Waals surface area contributed by atoms with Gasteiger partial charge in [0, 0.05) is 18.1 Å². The third-order valence-corrected chi connectivity index (χ3v) is 5.49. The van der Waals surface area contributed by atoms with Gasteiger partial charge in [-0.05, 0) is 17.5 Å². The molecule has 1 amide bonds. The lowest BCUT2D eigenvalue weighted by Gasteiger charge is -2.10. The number of carbonyl (C=O) groups is 2. The van der Waals surface area contributed by atoms with E-state index in [1.165, 1.54) is 0 Å². The van der Waals surface area contributed by atoms with Crippen molar-refractivity contribution in [3.8, 4) is 0 Å². The first-order valence-corrected chi connectivity index (χ1v) is 9.85. The van der Waals surface area contributed by atoms with E-state index in [2.05, 4.69) is 10.3 Å². The SMILES string of the molecule is CC(C)CNC(=O)COC(=O)c1ccccc1CSC1=NCCS1.